The lowest BCUT2D eigenvalue weighted by Gasteiger charge is -2.16. The highest BCUT2D eigenvalue weighted by Crippen LogP contribution is 2.19. The molecule has 0 aromatic carbocycles. The molecule has 0 atom stereocenters. The van der Waals surface area contributed by atoms with Crippen molar-refractivity contribution in [3.05, 3.63) is 0 Å². The maximum atomic E-state index is 11.8. The third-order valence-electron chi connectivity index (χ3n) is 4.01. The first-order chi connectivity index (χ1) is 11.1. The van der Waals surface area contributed by atoms with Crippen molar-refractivity contribution >= 4 is 17.5 Å². The lowest BCUT2D eigenvalue weighted by molar-refractivity contribution is -0.126. The van der Waals surface area contributed by atoms with Gasteiger partial charge in [0, 0.05) is 24.7 Å². The van der Waals surface area contributed by atoms with Crippen molar-refractivity contribution in [2.45, 2.75) is 92.4 Å². The highest BCUT2D eigenvalue weighted by molar-refractivity contribution is 5.86. The second-order valence-corrected chi connectivity index (χ2v) is 8.21. The molecule has 0 radical (unpaired) electrons. The number of carbonyl (C=O) groups is 3. The minimum atomic E-state index is -0.218. The van der Waals surface area contributed by atoms with Gasteiger partial charge in [0.15, 0.2) is 5.78 Å². The number of ketones is 2. The van der Waals surface area contributed by atoms with Crippen molar-refractivity contribution in [1.29, 1.82) is 0 Å². The first-order valence-corrected chi connectivity index (χ1v) is 9.44. The summed E-state index contributed by atoms with van der Waals surface area (Å²) in [5, 5.41) is 2.70. The fourth-order valence-electron chi connectivity index (χ4n) is 2.47. The van der Waals surface area contributed by atoms with Gasteiger partial charge in [-0.05, 0) is 18.8 Å². The van der Waals surface area contributed by atoms with Gasteiger partial charge in [0.05, 0.1) is 6.54 Å². The van der Waals surface area contributed by atoms with Gasteiger partial charge in [0.1, 0.15) is 5.78 Å². The van der Waals surface area contributed by atoms with Crippen molar-refractivity contribution in [3.8, 4) is 0 Å². The van der Waals surface area contributed by atoms with Gasteiger partial charge >= 0.3 is 0 Å². The summed E-state index contributed by atoms with van der Waals surface area (Å²) in [5.41, 5.74) is -0.218. The largest absolute Gasteiger partial charge is 0.349 e. The molecule has 0 heterocycles. The van der Waals surface area contributed by atoms with E-state index in [1.54, 1.807) is 0 Å². The van der Waals surface area contributed by atoms with Crippen LogP contribution in [0.15, 0.2) is 0 Å². The van der Waals surface area contributed by atoms with E-state index >= 15 is 0 Å². The summed E-state index contributed by atoms with van der Waals surface area (Å²) >= 11 is 0. The predicted octanol–water partition coefficient (Wildman–Crippen LogP) is 4.45. The summed E-state index contributed by atoms with van der Waals surface area (Å²) in [7, 11) is 0. The minimum absolute atomic E-state index is 0.0251. The molecule has 140 valence electrons. The fourth-order valence-corrected chi connectivity index (χ4v) is 2.47. The molecule has 0 saturated heterocycles. The van der Waals surface area contributed by atoms with Gasteiger partial charge < -0.3 is 5.32 Å². The molecule has 4 nitrogen and oxygen atoms in total. The van der Waals surface area contributed by atoms with E-state index < -0.39 is 0 Å². The van der Waals surface area contributed by atoms with Gasteiger partial charge in [-0.2, -0.15) is 0 Å². The number of unbranched alkanes of at least 4 members (excludes halogenated alkanes) is 5. The standard InChI is InChI=1S/C20H37NO3/c1-16(2)14-17(22)15-21-19(24)13-11-9-7-6-8-10-12-18(23)20(3,4)5/h16H,6-15H2,1-5H3,(H,21,24). The summed E-state index contributed by atoms with van der Waals surface area (Å²) in [6.07, 6.45) is 7.86. The molecule has 4 heteroatoms. The van der Waals surface area contributed by atoms with Crippen LogP contribution < -0.4 is 5.32 Å². The zero-order valence-electron chi connectivity index (χ0n) is 16.4. The highest BCUT2D eigenvalue weighted by Gasteiger charge is 2.19. The average molecular weight is 340 g/mol. The lowest BCUT2D eigenvalue weighted by atomic mass is 9.88. The van der Waals surface area contributed by atoms with Crippen LogP contribution in [0.2, 0.25) is 0 Å². The molecular formula is C20H37NO3. The number of hydrogen-bond acceptors (Lipinski definition) is 3. The molecule has 0 unspecified atom stereocenters. The second kappa shape index (κ2) is 12.2. The minimum Gasteiger partial charge on any atom is -0.349 e. The molecule has 1 amide bonds. The normalized spacial score (nSPS) is 11.6. The quantitative estimate of drug-likeness (QED) is 0.504. The van der Waals surface area contributed by atoms with Crippen LogP contribution in [0.25, 0.3) is 0 Å². The van der Waals surface area contributed by atoms with E-state index in [0.717, 1.165) is 38.5 Å². The van der Waals surface area contributed by atoms with Crippen LogP contribution in [-0.4, -0.2) is 24.0 Å². The van der Waals surface area contributed by atoms with Crippen molar-refractivity contribution in [3.63, 3.8) is 0 Å². The van der Waals surface area contributed by atoms with Gasteiger partial charge in [-0.3, -0.25) is 14.4 Å². The number of carbonyl (C=O) groups excluding carboxylic acids is 3. The van der Waals surface area contributed by atoms with Gasteiger partial charge in [-0.25, -0.2) is 0 Å². The Morgan fingerprint density at radius 1 is 0.833 bits per heavy atom. The van der Waals surface area contributed by atoms with Crippen LogP contribution in [0.1, 0.15) is 92.4 Å². The first-order valence-electron chi connectivity index (χ1n) is 9.44. The van der Waals surface area contributed by atoms with Gasteiger partial charge in [-0.15, -0.1) is 0 Å². The number of amides is 1. The Bertz CT molecular complexity index is 394. The number of rotatable bonds is 13. The van der Waals surface area contributed by atoms with Crippen LogP contribution >= 0.6 is 0 Å². The molecule has 0 spiro atoms. The summed E-state index contributed by atoms with van der Waals surface area (Å²) in [4.78, 5) is 34.9. The van der Waals surface area contributed by atoms with Crippen LogP contribution in [0.3, 0.4) is 0 Å². The Morgan fingerprint density at radius 2 is 1.33 bits per heavy atom. The Labute approximate surface area is 148 Å². The zero-order chi connectivity index (χ0) is 18.6. The third-order valence-corrected chi connectivity index (χ3v) is 4.01. The Hall–Kier alpha value is -1.19. The molecule has 1 N–H and O–H groups in total. The fraction of sp³-hybridized carbons (Fsp3) is 0.850. The van der Waals surface area contributed by atoms with Crippen molar-refractivity contribution in [1.82, 2.24) is 5.32 Å². The second-order valence-electron chi connectivity index (χ2n) is 8.21. The van der Waals surface area contributed by atoms with Gasteiger partial charge in [0.25, 0.3) is 0 Å². The van der Waals surface area contributed by atoms with Crippen molar-refractivity contribution in [2.24, 2.45) is 11.3 Å². The molecular weight excluding hydrogens is 302 g/mol. The van der Waals surface area contributed by atoms with E-state index in [0.29, 0.717) is 31.0 Å². The molecule has 0 saturated carbocycles. The average Bonchev–Trinajstić information content (AvgIpc) is 2.45. The Balaban J connectivity index is 3.49. The number of Topliss-reactive ketones (excluding diaryl/α,β-unsaturated/α-hetero) is 2. The molecule has 0 aromatic rings. The summed E-state index contributed by atoms with van der Waals surface area (Å²) < 4.78 is 0. The maximum Gasteiger partial charge on any atom is 0.220 e. The van der Waals surface area contributed by atoms with Crippen molar-refractivity contribution in [2.75, 3.05) is 6.54 Å². The summed E-state index contributed by atoms with van der Waals surface area (Å²) in [5.74, 6) is 0.755. The van der Waals surface area contributed by atoms with Gasteiger partial charge in [0.2, 0.25) is 5.91 Å². The number of nitrogens with one attached hydrogen (secondary N) is 1. The Morgan fingerprint density at radius 3 is 1.83 bits per heavy atom. The maximum absolute atomic E-state index is 11.8. The molecule has 0 aliphatic heterocycles. The van der Waals surface area contributed by atoms with E-state index in [-0.39, 0.29) is 23.7 Å². The summed E-state index contributed by atoms with van der Waals surface area (Å²) in [6.45, 7) is 10.1. The molecule has 0 aromatic heterocycles. The van der Waals surface area contributed by atoms with Crippen LogP contribution in [-0.2, 0) is 14.4 Å². The predicted molar refractivity (Wildman–Crippen MR) is 98.9 cm³/mol. The van der Waals surface area contributed by atoms with Crippen LogP contribution in [0, 0.1) is 11.3 Å². The molecule has 0 fully saturated rings. The van der Waals surface area contributed by atoms with E-state index in [9.17, 15) is 14.4 Å². The van der Waals surface area contributed by atoms with Gasteiger partial charge in [-0.1, -0.05) is 60.3 Å². The SMILES string of the molecule is CC(C)CC(=O)CNC(=O)CCCCCCCCC(=O)C(C)(C)C. The van der Waals surface area contributed by atoms with E-state index in [1.165, 1.54) is 0 Å². The lowest BCUT2D eigenvalue weighted by Crippen LogP contribution is -2.29. The summed E-state index contributed by atoms with van der Waals surface area (Å²) in [6, 6.07) is 0. The first kappa shape index (κ1) is 22.8. The topological polar surface area (TPSA) is 63.2 Å². The van der Waals surface area contributed by atoms with Crippen LogP contribution in [0.5, 0.6) is 0 Å². The third kappa shape index (κ3) is 13.3. The van der Waals surface area contributed by atoms with E-state index in [4.69, 9.17) is 0 Å². The van der Waals surface area contributed by atoms with E-state index in [2.05, 4.69) is 5.32 Å². The van der Waals surface area contributed by atoms with Crippen LogP contribution in [0.4, 0.5) is 0 Å². The molecule has 0 aliphatic carbocycles. The molecule has 0 bridgehead atoms. The number of hydrogen-bond donors (Lipinski definition) is 1. The smallest absolute Gasteiger partial charge is 0.220 e. The van der Waals surface area contributed by atoms with Crippen molar-refractivity contribution < 1.29 is 14.4 Å². The monoisotopic (exact) mass is 339 g/mol. The van der Waals surface area contributed by atoms with E-state index in [1.807, 2.05) is 34.6 Å². The zero-order valence-corrected chi connectivity index (χ0v) is 16.4. The Kier molecular flexibility index (Phi) is 11.6. The highest BCUT2D eigenvalue weighted by atomic mass is 16.2. The molecule has 24 heavy (non-hydrogen) atoms. The molecule has 0 rings (SSSR count). The molecule has 0 aliphatic rings.